The van der Waals surface area contributed by atoms with E-state index in [2.05, 4.69) is 15.6 Å². The smallest absolute Gasteiger partial charge is 0.240 e. The number of hydrogen-bond acceptors (Lipinski definition) is 4. The molecule has 160 valence electrons. The summed E-state index contributed by atoms with van der Waals surface area (Å²) in [7, 11) is 1.79. The number of nitrogens with one attached hydrogen (secondary N) is 2. The molecule has 0 radical (unpaired) electrons. The van der Waals surface area contributed by atoms with Gasteiger partial charge in [0, 0.05) is 19.1 Å². The third-order valence-electron chi connectivity index (χ3n) is 3.48. The molecule has 0 aromatic heterocycles. The van der Waals surface area contributed by atoms with Crippen molar-refractivity contribution in [2.24, 2.45) is 4.99 Å². The van der Waals surface area contributed by atoms with Gasteiger partial charge in [-0.2, -0.15) is 0 Å². The second-order valence-electron chi connectivity index (χ2n) is 7.63. The minimum atomic E-state index is -0.740. The number of amides is 1. The molecule has 7 nitrogen and oxygen atoms in total. The number of hydrogen-bond donors (Lipinski definition) is 3. The summed E-state index contributed by atoms with van der Waals surface area (Å²) < 4.78 is 5.60. The van der Waals surface area contributed by atoms with Crippen LogP contribution in [0, 0.1) is 6.92 Å². The predicted molar refractivity (Wildman–Crippen MR) is 125 cm³/mol. The van der Waals surface area contributed by atoms with Crippen LogP contribution in [0.5, 0.6) is 5.75 Å². The van der Waals surface area contributed by atoms with Crippen molar-refractivity contribution in [1.29, 1.82) is 0 Å². The summed E-state index contributed by atoms with van der Waals surface area (Å²) in [4.78, 5) is 18.2. The van der Waals surface area contributed by atoms with Crippen molar-refractivity contribution in [3.8, 4) is 5.75 Å². The van der Waals surface area contributed by atoms with E-state index in [0.29, 0.717) is 12.5 Å². The van der Waals surface area contributed by atoms with E-state index in [1.807, 2.05) is 58.9 Å². The molecule has 0 aliphatic carbocycles. The van der Waals surface area contributed by atoms with Crippen LogP contribution in [0.2, 0.25) is 0 Å². The number of ether oxygens (including phenoxy) is 1. The molecular formula is C20H35IN4O3. The number of guanidine groups is 1. The average molecular weight is 506 g/mol. The van der Waals surface area contributed by atoms with Gasteiger partial charge in [0.1, 0.15) is 18.5 Å². The summed E-state index contributed by atoms with van der Waals surface area (Å²) in [6, 6.07) is 7.67. The number of carbonyl (C=O) groups is 1. The lowest BCUT2D eigenvalue weighted by atomic mass is 10.1. The fourth-order valence-corrected chi connectivity index (χ4v) is 2.36. The molecule has 0 spiro atoms. The van der Waals surface area contributed by atoms with Gasteiger partial charge in [-0.05, 0) is 52.3 Å². The lowest BCUT2D eigenvalue weighted by Crippen LogP contribution is -2.49. The highest BCUT2D eigenvalue weighted by atomic mass is 127. The molecule has 8 heteroatoms. The summed E-state index contributed by atoms with van der Waals surface area (Å²) >= 11 is 0. The topological polar surface area (TPSA) is 86.2 Å². The molecule has 0 heterocycles. The van der Waals surface area contributed by atoms with Gasteiger partial charge in [-0.25, -0.2) is 0 Å². The molecule has 0 bridgehead atoms. The zero-order valence-corrected chi connectivity index (χ0v) is 20.1. The fourth-order valence-electron chi connectivity index (χ4n) is 2.36. The second-order valence-corrected chi connectivity index (χ2v) is 7.63. The Kier molecular flexibility index (Phi) is 12.1. The number of aliphatic imine (C=N–C) groups is 1. The molecule has 1 rings (SSSR count). The number of aliphatic hydroxyl groups excluding tert-OH is 1. The molecular weight excluding hydrogens is 471 g/mol. The van der Waals surface area contributed by atoms with Gasteiger partial charge in [-0.1, -0.05) is 12.1 Å². The van der Waals surface area contributed by atoms with Crippen LogP contribution in [0.15, 0.2) is 29.3 Å². The quantitative estimate of drug-likeness (QED) is 0.286. The maximum absolute atomic E-state index is 12.1. The van der Waals surface area contributed by atoms with Gasteiger partial charge in [0.05, 0.1) is 13.1 Å². The largest absolute Gasteiger partial charge is 0.491 e. The SMILES string of the molecule is CCNC(=NCC(O)COc1cccc(C)c1)N(C)CC(=O)NC(C)(C)C.I. The number of rotatable bonds is 8. The highest BCUT2D eigenvalue weighted by Crippen LogP contribution is 2.12. The molecule has 1 aromatic carbocycles. The number of aryl methyl sites for hydroxylation is 1. The summed E-state index contributed by atoms with van der Waals surface area (Å²) in [6.45, 7) is 10.9. The number of aliphatic hydroxyl groups is 1. The van der Waals surface area contributed by atoms with E-state index in [0.717, 1.165) is 11.3 Å². The normalized spacial score (nSPS) is 12.6. The Labute approximate surface area is 186 Å². The number of benzene rings is 1. The van der Waals surface area contributed by atoms with E-state index < -0.39 is 6.10 Å². The highest BCUT2D eigenvalue weighted by Gasteiger charge is 2.17. The lowest BCUT2D eigenvalue weighted by molar-refractivity contribution is -0.122. The van der Waals surface area contributed by atoms with Gasteiger partial charge < -0.3 is 25.4 Å². The zero-order valence-electron chi connectivity index (χ0n) is 17.8. The molecule has 0 aliphatic rings. The standard InChI is InChI=1S/C20H34N4O3.HI/c1-7-21-19(24(6)13-18(26)23-20(3,4)5)22-12-16(25)14-27-17-10-8-9-15(2)11-17;/h8-11,16,25H,7,12-14H2,1-6H3,(H,21,22)(H,23,26);1H. The Bertz CT molecular complexity index is 632. The van der Waals surface area contributed by atoms with Crippen LogP contribution in [0.1, 0.15) is 33.3 Å². The zero-order chi connectivity index (χ0) is 20.4. The maximum atomic E-state index is 12.1. The molecule has 3 N–H and O–H groups in total. The van der Waals surface area contributed by atoms with E-state index >= 15 is 0 Å². The van der Waals surface area contributed by atoms with Crippen LogP contribution in [0.3, 0.4) is 0 Å². The maximum Gasteiger partial charge on any atom is 0.240 e. The first-order valence-corrected chi connectivity index (χ1v) is 9.28. The predicted octanol–water partition coefficient (Wildman–Crippen LogP) is 2.16. The Balaban J connectivity index is 0.00000729. The lowest BCUT2D eigenvalue weighted by Gasteiger charge is -2.25. The van der Waals surface area contributed by atoms with E-state index in [-0.39, 0.29) is 55.1 Å². The third-order valence-corrected chi connectivity index (χ3v) is 3.48. The third kappa shape index (κ3) is 11.3. The number of halogens is 1. The Morgan fingerprint density at radius 3 is 2.61 bits per heavy atom. The van der Waals surface area contributed by atoms with Crippen LogP contribution >= 0.6 is 24.0 Å². The molecule has 1 aromatic rings. The molecule has 1 unspecified atom stereocenters. The molecule has 0 saturated carbocycles. The first-order valence-electron chi connectivity index (χ1n) is 9.28. The van der Waals surface area contributed by atoms with Gasteiger partial charge in [0.2, 0.25) is 5.91 Å². The van der Waals surface area contributed by atoms with Crippen molar-refractivity contribution in [2.75, 3.05) is 33.3 Å². The first kappa shape index (κ1) is 26.4. The van der Waals surface area contributed by atoms with Gasteiger partial charge >= 0.3 is 0 Å². The Morgan fingerprint density at radius 1 is 1.36 bits per heavy atom. The van der Waals surface area contributed by atoms with Crippen LogP contribution in [0.4, 0.5) is 0 Å². The van der Waals surface area contributed by atoms with Crippen molar-refractivity contribution in [3.05, 3.63) is 29.8 Å². The van der Waals surface area contributed by atoms with Gasteiger partial charge in [-0.15, -0.1) is 24.0 Å². The number of carbonyl (C=O) groups excluding carboxylic acids is 1. The summed E-state index contributed by atoms with van der Waals surface area (Å²) in [5.41, 5.74) is 0.820. The van der Waals surface area contributed by atoms with Gasteiger partial charge in [-0.3, -0.25) is 9.79 Å². The second kappa shape index (κ2) is 12.8. The van der Waals surface area contributed by atoms with Crippen LogP contribution in [-0.2, 0) is 4.79 Å². The first-order chi connectivity index (χ1) is 12.6. The molecule has 1 amide bonds. The van der Waals surface area contributed by atoms with Crippen LogP contribution < -0.4 is 15.4 Å². The minimum absolute atomic E-state index is 0. The summed E-state index contributed by atoms with van der Waals surface area (Å²) in [5, 5.41) is 16.2. The Hall–Kier alpha value is -1.55. The van der Waals surface area contributed by atoms with Crippen LogP contribution in [-0.4, -0.2) is 66.8 Å². The average Bonchev–Trinajstić information content (AvgIpc) is 2.54. The van der Waals surface area contributed by atoms with Crippen molar-refractivity contribution in [1.82, 2.24) is 15.5 Å². The van der Waals surface area contributed by atoms with E-state index in [4.69, 9.17) is 4.74 Å². The van der Waals surface area contributed by atoms with Crippen molar-refractivity contribution >= 4 is 35.8 Å². The highest BCUT2D eigenvalue weighted by molar-refractivity contribution is 14.0. The molecule has 0 saturated heterocycles. The molecule has 1 atom stereocenters. The molecule has 0 aliphatic heterocycles. The van der Waals surface area contributed by atoms with Gasteiger partial charge in [0.25, 0.3) is 0 Å². The van der Waals surface area contributed by atoms with Crippen LogP contribution in [0.25, 0.3) is 0 Å². The fraction of sp³-hybridized carbons (Fsp3) is 0.600. The van der Waals surface area contributed by atoms with Crippen molar-refractivity contribution < 1.29 is 14.6 Å². The molecule has 0 fully saturated rings. The number of nitrogens with zero attached hydrogens (tertiary/aromatic N) is 2. The van der Waals surface area contributed by atoms with E-state index in [1.165, 1.54) is 0 Å². The number of likely N-dealkylation sites (N-methyl/N-ethyl adjacent to an activating group) is 1. The van der Waals surface area contributed by atoms with E-state index in [1.54, 1.807) is 11.9 Å². The summed E-state index contributed by atoms with van der Waals surface area (Å²) in [6.07, 6.45) is -0.740. The minimum Gasteiger partial charge on any atom is -0.491 e. The van der Waals surface area contributed by atoms with Gasteiger partial charge in [0.15, 0.2) is 5.96 Å². The monoisotopic (exact) mass is 506 g/mol. The molecule has 28 heavy (non-hydrogen) atoms. The summed E-state index contributed by atoms with van der Waals surface area (Å²) in [5.74, 6) is 1.20. The van der Waals surface area contributed by atoms with Crippen molar-refractivity contribution in [3.63, 3.8) is 0 Å². The van der Waals surface area contributed by atoms with E-state index in [9.17, 15) is 9.90 Å². The Morgan fingerprint density at radius 2 is 2.04 bits per heavy atom. The van der Waals surface area contributed by atoms with Crippen molar-refractivity contribution in [2.45, 2.75) is 46.3 Å².